The molecule has 0 fully saturated rings. The topological polar surface area (TPSA) is 78.4 Å². The molecule has 5 nitrogen and oxygen atoms in total. The number of rotatable bonds is 5. The van der Waals surface area contributed by atoms with Crippen molar-refractivity contribution in [3.63, 3.8) is 0 Å². The summed E-state index contributed by atoms with van der Waals surface area (Å²) in [5.74, 6) is -2.30. The highest BCUT2D eigenvalue weighted by molar-refractivity contribution is 5.89. The number of carbonyl (C=O) groups is 2. The third kappa shape index (κ3) is 4.57. The fraction of sp³-hybridized carbons (Fsp3) is 0.385. The van der Waals surface area contributed by atoms with E-state index in [1.165, 1.54) is 18.2 Å². The summed E-state index contributed by atoms with van der Waals surface area (Å²) in [5.41, 5.74) is 0.0522. The number of carboxylic acid groups (broad SMARTS) is 1. The van der Waals surface area contributed by atoms with E-state index in [-0.39, 0.29) is 18.2 Å². The Morgan fingerprint density at radius 2 is 1.95 bits per heavy atom. The van der Waals surface area contributed by atoms with Gasteiger partial charge in [0.15, 0.2) is 0 Å². The molecule has 0 aromatic heterocycles. The first-order valence-corrected chi connectivity index (χ1v) is 5.94. The molecule has 0 saturated carbocycles. The average Bonchev–Trinajstić information content (AvgIpc) is 2.31. The van der Waals surface area contributed by atoms with Gasteiger partial charge in [0, 0.05) is 6.54 Å². The molecule has 0 spiro atoms. The van der Waals surface area contributed by atoms with Gasteiger partial charge in [-0.25, -0.2) is 9.18 Å². The molecule has 3 N–H and O–H groups in total. The predicted octanol–water partition coefficient (Wildman–Crippen LogP) is 2.30. The van der Waals surface area contributed by atoms with Crippen LogP contribution in [0, 0.1) is 17.7 Å². The predicted molar refractivity (Wildman–Crippen MR) is 69.4 cm³/mol. The molecule has 104 valence electrons. The Morgan fingerprint density at radius 1 is 1.32 bits per heavy atom. The lowest BCUT2D eigenvalue weighted by Crippen LogP contribution is -2.37. The number of hydrogen-bond acceptors (Lipinski definition) is 2. The largest absolute Gasteiger partial charge is 0.481 e. The zero-order chi connectivity index (χ0) is 14.4. The number of halogens is 1. The Kier molecular flexibility index (Phi) is 5.29. The van der Waals surface area contributed by atoms with Crippen molar-refractivity contribution in [3.8, 4) is 0 Å². The third-order valence-corrected chi connectivity index (χ3v) is 2.73. The van der Waals surface area contributed by atoms with Crippen molar-refractivity contribution >= 4 is 17.7 Å². The first kappa shape index (κ1) is 14.9. The van der Waals surface area contributed by atoms with Crippen molar-refractivity contribution in [2.75, 3.05) is 11.9 Å². The maximum absolute atomic E-state index is 13.3. The summed E-state index contributed by atoms with van der Waals surface area (Å²) >= 11 is 0. The Morgan fingerprint density at radius 3 is 2.47 bits per heavy atom. The summed E-state index contributed by atoms with van der Waals surface area (Å²) in [7, 11) is 0. The van der Waals surface area contributed by atoms with Gasteiger partial charge >= 0.3 is 12.0 Å². The molecule has 2 amide bonds. The highest BCUT2D eigenvalue weighted by Crippen LogP contribution is 2.12. The highest BCUT2D eigenvalue weighted by atomic mass is 19.1. The van der Waals surface area contributed by atoms with Crippen LogP contribution in [0.25, 0.3) is 0 Å². The molecular formula is C13H17FN2O3. The average molecular weight is 268 g/mol. The summed E-state index contributed by atoms with van der Waals surface area (Å²) in [5, 5.41) is 13.7. The van der Waals surface area contributed by atoms with E-state index in [9.17, 15) is 14.0 Å². The van der Waals surface area contributed by atoms with Gasteiger partial charge in [-0.05, 0) is 18.1 Å². The van der Waals surface area contributed by atoms with Crippen molar-refractivity contribution in [2.24, 2.45) is 11.8 Å². The zero-order valence-electron chi connectivity index (χ0n) is 10.8. The Hall–Kier alpha value is -2.11. The minimum atomic E-state index is -0.971. The molecule has 1 aromatic carbocycles. The van der Waals surface area contributed by atoms with Crippen LogP contribution in [0.3, 0.4) is 0 Å². The van der Waals surface area contributed by atoms with Crippen LogP contribution in [0.4, 0.5) is 14.9 Å². The minimum absolute atomic E-state index is 0.00666. The van der Waals surface area contributed by atoms with Gasteiger partial charge in [-0.15, -0.1) is 0 Å². The summed E-state index contributed by atoms with van der Waals surface area (Å²) in [6, 6.07) is 5.12. The number of amides is 2. The number of para-hydroxylation sites is 1. The SMILES string of the molecule is CC(C)C(CNC(=O)Nc1ccccc1F)C(=O)O. The van der Waals surface area contributed by atoms with Crippen molar-refractivity contribution in [2.45, 2.75) is 13.8 Å². The zero-order valence-corrected chi connectivity index (χ0v) is 10.8. The smallest absolute Gasteiger partial charge is 0.319 e. The second-order valence-corrected chi connectivity index (χ2v) is 4.50. The number of urea groups is 1. The lowest BCUT2D eigenvalue weighted by Gasteiger charge is -2.17. The number of nitrogens with one attached hydrogen (secondary N) is 2. The third-order valence-electron chi connectivity index (χ3n) is 2.73. The lowest BCUT2D eigenvalue weighted by molar-refractivity contribution is -0.142. The fourth-order valence-corrected chi connectivity index (χ4v) is 1.54. The van der Waals surface area contributed by atoms with Gasteiger partial charge in [0.2, 0.25) is 0 Å². The molecule has 6 heteroatoms. The van der Waals surface area contributed by atoms with E-state index in [0.29, 0.717) is 0 Å². The van der Waals surface area contributed by atoms with E-state index in [2.05, 4.69) is 10.6 Å². The molecule has 0 bridgehead atoms. The second kappa shape index (κ2) is 6.72. The van der Waals surface area contributed by atoms with Crippen molar-refractivity contribution in [1.29, 1.82) is 0 Å². The van der Waals surface area contributed by atoms with E-state index in [1.54, 1.807) is 19.9 Å². The van der Waals surface area contributed by atoms with Crippen LogP contribution in [-0.4, -0.2) is 23.7 Å². The van der Waals surface area contributed by atoms with Crippen molar-refractivity contribution in [3.05, 3.63) is 30.1 Å². The van der Waals surface area contributed by atoms with E-state index < -0.39 is 23.7 Å². The van der Waals surface area contributed by atoms with E-state index in [1.807, 2.05) is 0 Å². The Balaban J connectivity index is 2.52. The molecule has 0 aliphatic heterocycles. The van der Waals surface area contributed by atoms with Crippen LogP contribution in [0.15, 0.2) is 24.3 Å². The normalized spacial score (nSPS) is 12.0. The Bertz CT molecular complexity index is 463. The van der Waals surface area contributed by atoms with E-state index in [0.717, 1.165) is 0 Å². The van der Waals surface area contributed by atoms with Gasteiger partial charge in [-0.2, -0.15) is 0 Å². The lowest BCUT2D eigenvalue weighted by atomic mass is 9.96. The minimum Gasteiger partial charge on any atom is -0.481 e. The van der Waals surface area contributed by atoms with Crippen molar-refractivity contribution in [1.82, 2.24) is 5.32 Å². The standard InChI is InChI=1S/C13H17FN2O3/c1-8(2)9(12(17)18)7-15-13(19)16-11-6-4-3-5-10(11)14/h3-6,8-9H,7H2,1-2H3,(H,17,18)(H2,15,16,19). The number of anilines is 1. The van der Waals surface area contributed by atoms with Gasteiger partial charge in [-0.1, -0.05) is 26.0 Å². The maximum atomic E-state index is 13.3. The molecule has 0 radical (unpaired) electrons. The summed E-state index contributed by atoms with van der Waals surface area (Å²) in [6.07, 6.45) is 0. The summed E-state index contributed by atoms with van der Waals surface area (Å²) < 4.78 is 13.3. The molecule has 1 unspecified atom stereocenters. The number of carbonyl (C=O) groups excluding carboxylic acids is 1. The number of benzene rings is 1. The van der Waals surface area contributed by atoms with Gasteiger partial charge in [0.05, 0.1) is 11.6 Å². The maximum Gasteiger partial charge on any atom is 0.319 e. The van der Waals surface area contributed by atoms with Gasteiger partial charge < -0.3 is 15.7 Å². The quantitative estimate of drug-likeness (QED) is 0.766. The van der Waals surface area contributed by atoms with Crippen LogP contribution in [0.5, 0.6) is 0 Å². The van der Waals surface area contributed by atoms with Crippen molar-refractivity contribution < 1.29 is 19.1 Å². The number of aliphatic carboxylic acids is 1. The first-order valence-electron chi connectivity index (χ1n) is 5.94. The molecular weight excluding hydrogens is 251 g/mol. The summed E-state index contributed by atoms with van der Waals surface area (Å²) in [6.45, 7) is 3.51. The van der Waals surface area contributed by atoms with Crippen LogP contribution < -0.4 is 10.6 Å². The summed E-state index contributed by atoms with van der Waals surface area (Å²) in [4.78, 5) is 22.5. The number of hydrogen-bond donors (Lipinski definition) is 3. The van der Waals surface area contributed by atoms with Gasteiger partial charge in [0.25, 0.3) is 0 Å². The number of carboxylic acids is 1. The molecule has 1 atom stereocenters. The highest BCUT2D eigenvalue weighted by Gasteiger charge is 2.22. The molecule has 19 heavy (non-hydrogen) atoms. The molecule has 0 heterocycles. The van der Waals surface area contributed by atoms with Crippen LogP contribution >= 0.6 is 0 Å². The first-order chi connectivity index (χ1) is 8.91. The van der Waals surface area contributed by atoms with Crippen LogP contribution in [-0.2, 0) is 4.79 Å². The molecule has 0 saturated heterocycles. The molecule has 1 rings (SSSR count). The van der Waals surface area contributed by atoms with Gasteiger partial charge in [0.1, 0.15) is 5.82 Å². The van der Waals surface area contributed by atoms with Crippen LogP contribution in [0.2, 0.25) is 0 Å². The molecule has 1 aromatic rings. The monoisotopic (exact) mass is 268 g/mol. The van der Waals surface area contributed by atoms with E-state index in [4.69, 9.17) is 5.11 Å². The van der Waals surface area contributed by atoms with E-state index >= 15 is 0 Å². The fourth-order valence-electron chi connectivity index (χ4n) is 1.54. The van der Waals surface area contributed by atoms with Crippen LogP contribution in [0.1, 0.15) is 13.8 Å². The molecule has 0 aliphatic rings. The second-order valence-electron chi connectivity index (χ2n) is 4.50. The molecule has 0 aliphatic carbocycles. The Labute approximate surface area is 110 Å². The van der Waals surface area contributed by atoms with Gasteiger partial charge in [-0.3, -0.25) is 4.79 Å².